The molecule has 1 heterocycles. The molecule has 2 nitrogen and oxygen atoms in total. The first-order valence-electron chi connectivity index (χ1n) is 8.98. The fraction of sp³-hybridized carbons (Fsp3) is 0.895. The molecule has 0 radical (unpaired) electrons. The van der Waals surface area contributed by atoms with Gasteiger partial charge in [0.1, 0.15) is 0 Å². The van der Waals surface area contributed by atoms with E-state index in [9.17, 15) is 4.39 Å². The number of allylic oxidation sites excluding steroid dienone is 1. The highest BCUT2D eigenvalue weighted by Crippen LogP contribution is 2.37. The summed E-state index contributed by atoms with van der Waals surface area (Å²) in [6.07, 6.45) is 8.91. The summed E-state index contributed by atoms with van der Waals surface area (Å²) in [5.74, 6) is 0. The smallest absolute Gasteiger partial charge is 0.0973 e. The summed E-state index contributed by atoms with van der Waals surface area (Å²) in [5.41, 5.74) is 1.59. The normalized spacial score (nSPS) is 30.7. The van der Waals surface area contributed by atoms with E-state index in [1.54, 1.807) is 6.92 Å². The highest BCUT2D eigenvalue weighted by molar-refractivity contribution is 5.04. The third kappa shape index (κ3) is 6.37. The molecule has 22 heavy (non-hydrogen) atoms. The molecule has 0 bridgehead atoms. The number of halogens is 1. The number of hydrogen-bond donors (Lipinski definition) is 1. The van der Waals surface area contributed by atoms with Gasteiger partial charge in [0, 0.05) is 11.1 Å². The Morgan fingerprint density at radius 1 is 1.36 bits per heavy atom. The van der Waals surface area contributed by atoms with Crippen molar-refractivity contribution in [3.63, 3.8) is 0 Å². The van der Waals surface area contributed by atoms with Crippen molar-refractivity contribution in [2.75, 3.05) is 13.2 Å². The summed E-state index contributed by atoms with van der Waals surface area (Å²) in [6, 6.07) is 0. The van der Waals surface area contributed by atoms with Gasteiger partial charge in [-0.25, -0.2) is 4.39 Å². The second-order valence-electron chi connectivity index (χ2n) is 7.47. The number of nitrogens with one attached hydrogen (secondary N) is 1. The number of alkyl halides is 1. The summed E-state index contributed by atoms with van der Waals surface area (Å²) < 4.78 is 18.8. The van der Waals surface area contributed by atoms with Gasteiger partial charge in [0.25, 0.3) is 0 Å². The molecule has 3 unspecified atom stereocenters. The van der Waals surface area contributed by atoms with E-state index in [1.165, 1.54) is 12.0 Å². The Labute approximate surface area is 136 Å². The van der Waals surface area contributed by atoms with Crippen molar-refractivity contribution in [3.8, 4) is 0 Å². The summed E-state index contributed by atoms with van der Waals surface area (Å²) in [5, 5.41) is 3.87. The summed E-state index contributed by atoms with van der Waals surface area (Å²) in [7, 11) is 0. The van der Waals surface area contributed by atoms with E-state index in [-0.39, 0.29) is 11.1 Å². The van der Waals surface area contributed by atoms with E-state index in [0.717, 1.165) is 45.3 Å². The van der Waals surface area contributed by atoms with Crippen molar-refractivity contribution >= 4 is 0 Å². The predicted octanol–water partition coefficient (Wildman–Crippen LogP) is 5.18. The van der Waals surface area contributed by atoms with Gasteiger partial charge >= 0.3 is 0 Å². The highest BCUT2D eigenvalue weighted by Gasteiger charge is 2.43. The lowest BCUT2D eigenvalue weighted by molar-refractivity contribution is 0.0905. The molecule has 1 aliphatic rings. The van der Waals surface area contributed by atoms with Crippen LogP contribution in [0.15, 0.2) is 11.6 Å². The van der Waals surface area contributed by atoms with Crippen LogP contribution in [0.5, 0.6) is 0 Å². The van der Waals surface area contributed by atoms with Crippen molar-refractivity contribution in [1.82, 2.24) is 5.32 Å². The lowest BCUT2D eigenvalue weighted by Crippen LogP contribution is -2.51. The highest BCUT2D eigenvalue weighted by atomic mass is 19.1. The fourth-order valence-corrected chi connectivity index (χ4v) is 3.43. The van der Waals surface area contributed by atoms with Gasteiger partial charge < -0.3 is 10.1 Å². The molecule has 1 N–H and O–H groups in total. The van der Waals surface area contributed by atoms with Crippen molar-refractivity contribution in [1.29, 1.82) is 0 Å². The van der Waals surface area contributed by atoms with E-state index in [4.69, 9.17) is 4.74 Å². The quantitative estimate of drug-likeness (QED) is 0.443. The van der Waals surface area contributed by atoms with Crippen LogP contribution in [0.1, 0.15) is 79.6 Å². The zero-order valence-electron chi connectivity index (χ0n) is 15.3. The van der Waals surface area contributed by atoms with E-state index in [0.29, 0.717) is 6.42 Å². The van der Waals surface area contributed by atoms with E-state index in [2.05, 4.69) is 39.1 Å². The second-order valence-corrected chi connectivity index (χ2v) is 7.47. The maximum Gasteiger partial charge on any atom is 0.0973 e. The Bertz CT molecular complexity index is 355. The third-order valence-electron chi connectivity index (χ3n) is 5.15. The van der Waals surface area contributed by atoms with Gasteiger partial charge in [0.2, 0.25) is 0 Å². The summed E-state index contributed by atoms with van der Waals surface area (Å²) >= 11 is 0. The van der Waals surface area contributed by atoms with Gasteiger partial charge in [-0.15, -0.1) is 0 Å². The van der Waals surface area contributed by atoms with Crippen LogP contribution >= 0.6 is 0 Å². The lowest BCUT2D eigenvalue weighted by Gasteiger charge is -2.34. The molecule has 3 heteroatoms. The Morgan fingerprint density at radius 2 is 2.09 bits per heavy atom. The van der Waals surface area contributed by atoms with Crippen LogP contribution < -0.4 is 5.32 Å². The van der Waals surface area contributed by atoms with Crippen molar-refractivity contribution < 1.29 is 9.13 Å². The summed E-state index contributed by atoms with van der Waals surface area (Å²) in [4.78, 5) is 0. The Balaban J connectivity index is 2.41. The molecule has 1 fully saturated rings. The van der Waals surface area contributed by atoms with Gasteiger partial charge in [0.15, 0.2) is 0 Å². The predicted molar refractivity (Wildman–Crippen MR) is 93.1 cm³/mol. The van der Waals surface area contributed by atoms with Gasteiger partial charge in [-0.05, 0) is 59.8 Å². The van der Waals surface area contributed by atoms with Crippen molar-refractivity contribution in [2.24, 2.45) is 0 Å². The molecule has 1 rings (SSSR count). The minimum Gasteiger partial charge on any atom is -0.375 e. The number of unbranched alkanes of at least 4 members (excludes halogenated alkanes) is 1. The molecule has 0 saturated carbocycles. The SMILES string of the molecule is C/C=C(\C)COCC1(C)CCC(CC)(CCCCC(C)F)N1. The topological polar surface area (TPSA) is 21.3 Å². The zero-order chi connectivity index (χ0) is 16.6. The number of ether oxygens (including phenoxy) is 1. The maximum absolute atomic E-state index is 12.9. The van der Waals surface area contributed by atoms with Crippen molar-refractivity contribution in [3.05, 3.63) is 11.6 Å². The summed E-state index contributed by atoms with van der Waals surface area (Å²) in [6.45, 7) is 11.8. The third-order valence-corrected chi connectivity index (χ3v) is 5.15. The molecule has 0 aliphatic carbocycles. The first kappa shape index (κ1) is 19.6. The van der Waals surface area contributed by atoms with Crippen LogP contribution in [0.3, 0.4) is 0 Å². The second kappa shape index (κ2) is 9.02. The van der Waals surface area contributed by atoms with Crippen molar-refractivity contribution in [2.45, 2.75) is 96.8 Å². The van der Waals surface area contributed by atoms with Gasteiger partial charge in [-0.2, -0.15) is 0 Å². The Kier molecular flexibility index (Phi) is 8.06. The zero-order valence-corrected chi connectivity index (χ0v) is 15.3. The maximum atomic E-state index is 12.9. The van der Waals surface area contributed by atoms with Crippen LogP contribution in [0.25, 0.3) is 0 Å². The van der Waals surface area contributed by atoms with Gasteiger partial charge in [-0.1, -0.05) is 31.4 Å². The largest absolute Gasteiger partial charge is 0.375 e. The number of hydrogen-bond acceptors (Lipinski definition) is 2. The van der Waals surface area contributed by atoms with Crippen LogP contribution in [0.2, 0.25) is 0 Å². The minimum absolute atomic E-state index is 0.0808. The molecule has 1 aliphatic heterocycles. The molecule has 0 amide bonds. The molecule has 0 aromatic carbocycles. The molecular weight excluding hydrogens is 277 g/mol. The van der Waals surface area contributed by atoms with Gasteiger partial charge in [-0.3, -0.25) is 0 Å². The molecule has 0 aromatic heterocycles. The minimum atomic E-state index is -0.664. The molecular formula is C19H36FNO. The first-order valence-corrected chi connectivity index (χ1v) is 8.98. The standard InChI is InChI=1S/C19H36FNO/c1-6-16(3)14-22-15-18(5)12-13-19(7-2,21-18)11-9-8-10-17(4)20/h6,17,21H,7-15H2,1-5H3/b16-6+. The van der Waals surface area contributed by atoms with Gasteiger partial charge in [0.05, 0.1) is 19.4 Å². The van der Waals surface area contributed by atoms with E-state index >= 15 is 0 Å². The average molecular weight is 314 g/mol. The van der Waals surface area contributed by atoms with Crippen LogP contribution in [0, 0.1) is 0 Å². The molecule has 130 valence electrons. The van der Waals surface area contributed by atoms with Crippen LogP contribution in [-0.2, 0) is 4.74 Å². The average Bonchev–Trinajstić information content (AvgIpc) is 2.81. The van der Waals surface area contributed by atoms with Crippen LogP contribution in [-0.4, -0.2) is 30.5 Å². The van der Waals surface area contributed by atoms with E-state index in [1.807, 2.05) is 0 Å². The molecule has 1 saturated heterocycles. The van der Waals surface area contributed by atoms with Crippen LogP contribution in [0.4, 0.5) is 4.39 Å². The Hall–Kier alpha value is -0.410. The first-order chi connectivity index (χ1) is 10.3. The Morgan fingerprint density at radius 3 is 2.68 bits per heavy atom. The monoisotopic (exact) mass is 313 g/mol. The lowest BCUT2D eigenvalue weighted by atomic mass is 9.88. The number of rotatable bonds is 10. The fourth-order valence-electron chi connectivity index (χ4n) is 3.43. The van der Waals surface area contributed by atoms with E-state index < -0.39 is 6.17 Å². The molecule has 0 spiro atoms. The molecule has 0 aromatic rings. The molecule has 3 atom stereocenters.